The van der Waals surface area contributed by atoms with Gasteiger partial charge in [-0.3, -0.25) is 9.78 Å². The fourth-order valence-corrected chi connectivity index (χ4v) is 2.78. The minimum atomic E-state index is 0.168. The van der Waals surface area contributed by atoms with Crippen LogP contribution in [0.3, 0.4) is 0 Å². The molecule has 0 atom stereocenters. The lowest BCUT2D eigenvalue weighted by atomic mass is 10.2. The van der Waals surface area contributed by atoms with E-state index in [-0.39, 0.29) is 5.91 Å². The summed E-state index contributed by atoms with van der Waals surface area (Å²) in [5.41, 5.74) is 2.32. The third-order valence-corrected chi connectivity index (χ3v) is 4.08. The lowest BCUT2D eigenvalue weighted by Crippen LogP contribution is -2.50. The number of benzene rings is 1. The molecule has 5 nitrogen and oxygen atoms in total. The number of piperazine rings is 1. The number of hydrogen-bond donors (Lipinski definition) is 1. The van der Waals surface area contributed by atoms with Gasteiger partial charge in [-0.2, -0.15) is 0 Å². The smallest absolute Gasteiger partial charge is 0.236 e. The van der Waals surface area contributed by atoms with Gasteiger partial charge in [0.25, 0.3) is 0 Å². The predicted molar refractivity (Wildman–Crippen MR) is 91.2 cm³/mol. The van der Waals surface area contributed by atoms with Gasteiger partial charge in [0.1, 0.15) is 0 Å². The largest absolute Gasteiger partial charge is 0.368 e. The second kappa shape index (κ2) is 7.74. The van der Waals surface area contributed by atoms with Crippen molar-refractivity contribution in [2.75, 3.05) is 37.6 Å². The normalized spacial score (nSPS) is 14.8. The molecule has 1 amide bonds. The van der Waals surface area contributed by atoms with E-state index in [0.717, 1.165) is 31.7 Å². The van der Waals surface area contributed by atoms with Crippen LogP contribution in [0.15, 0.2) is 54.9 Å². The molecule has 0 bridgehead atoms. The van der Waals surface area contributed by atoms with E-state index in [1.165, 1.54) is 5.69 Å². The van der Waals surface area contributed by atoms with Gasteiger partial charge in [-0.05, 0) is 23.8 Å². The van der Waals surface area contributed by atoms with Gasteiger partial charge in [-0.25, -0.2) is 0 Å². The number of carbonyl (C=O) groups excluding carboxylic acids is 1. The molecular weight excluding hydrogens is 288 g/mol. The highest BCUT2D eigenvalue weighted by Gasteiger charge is 2.20. The van der Waals surface area contributed by atoms with E-state index in [2.05, 4.69) is 39.5 Å². The van der Waals surface area contributed by atoms with Crippen LogP contribution in [0, 0.1) is 0 Å². The molecule has 1 aliphatic rings. The van der Waals surface area contributed by atoms with Crippen LogP contribution in [0.1, 0.15) is 5.56 Å². The van der Waals surface area contributed by atoms with Gasteiger partial charge in [0.15, 0.2) is 0 Å². The summed E-state index contributed by atoms with van der Waals surface area (Å²) in [5, 5.41) is 3.20. The third kappa shape index (κ3) is 4.29. The molecule has 1 N–H and O–H groups in total. The number of pyridine rings is 1. The average molecular weight is 310 g/mol. The second-order valence-corrected chi connectivity index (χ2v) is 5.67. The summed E-state index contributed by atoms with van der Waals surface area (Å²) in [6.45, 7) is 4.38. The van der Waals surface area contributed by atoms with Crippen molar-refractivity contribution >= 4 is 11.6 Å². The molecular formula is C18H22N4O. The maximum Gasteiger partial charge on any atom is 0.236 e. The summed E-state index contributed by atoms with van der Waals surface area (Å²) in [6, 6.07) is 14.3. The minimum Gasteiger partial charge on any atom is -0.368 e. The molecule has 2 aromatic rings. The number of carbonyl (C=O) groups is 1. The highest BCUT2D eigenvalue weighted by molar-refractivity contribution is 5.78. The molecule has 1 aromatic heterocycles. The Hall–Kier alpha value is -2.40. The van der Waals surface area contributed by atoms with E-state index in [1.54, 1.807) is 6.20 Å². The zero-order valence-corrected chi connectivity index (χ0v) is 13.2. The standard InChI is InChI=1S/C18H22N4O/c23-18(15-20-14-16-5-4-8-19-13-16)22-11-9-21(10-12-22)17-6-2-1-3-7-17/h1-8,13,20H,9-12,14-15H2. The van der Waals surface area contributed by atoms with Gasteiger partial charge >= 0.3 is 0 Å². The summed E-state index contributed by atoms with van der Waals surface area (Å²) in [5.74, 6) is 0.168. The highest BCUT2D eigenvalue weighted by atomic mass is 16.2. The van der Waals surface area contributed by atoms with Crippen molar-refractivity contribution in [2.24, 2.45) is 0 Å². The van der Waals surface area contributed by atoms with E-state index in [4.69, 9.17) is 0 Å². The van der Waals surface area contributed by atoms with E-state index < -0.39 is 0 Å². The van der Waals surface area contributed by atoms with Crippen molar-refractivity contribution in [3.05, 3.63) is 60.4 Å². The Morgan fingerprint density at radius 1 is 1.04 bits per heavy atom. The van der Waals surface area contributed by atoms with Crippen molar-refractivity contribution in [1.29, 1.82) is 0 Å². The average Bonchev–Trinajstić information content (AvgIpc) is 2.63. The van der Waals surface area contributed by atoms with Gasteiger partial charge in [-0.1, -0.05) is 24.3 Å². The summed E-state index contributed by atoms with van der Waals surface area (Å²) in [4.78, 5) is 20.6. The first-order valence-electron chi connectivity index (χ1n) is 8.00. The molecule has 1 saturated heterocycles. The van der Waals surface area contributed by atoms with E-state index in [1.807, 2.05) is 29.3 Å². The number of hydrogen-bond acceptors (Lipinski definition) is 4. The van der Waals surface area contributed by atoms with Gasteiger partial charge in [0, 0.05) is 50.8 Å². The first kappa shape index (κ1) is 15.5. The van der Waals surface area contributed by atoms with Gasteiger partial charge in [0.05, 0.1) is 6.54 Å². The summed E-state index contributed by atoms with van der Waals surface area (Å²) in [7, 11) is 0. The zero-order valence-electron chi connectivity index (χ0n) is 13.2. The number of nitrogens with one attached hydrogen (secondary N) is 1. The SMILES string of the molecule is O=C(CNCc1cccnc1)N1CCN(c2ccccc2)CC1. The molecule has 5 heteroatoms. The maximum atomic E-state index is 12.3. The molecule has 0 radical (unpaired) electrons. The Balaban J connectivity index is 1.41. The minimum absolute atomic E-state index is 0.168. The van der Waals surface area contributed by atoms with Crippen LogP contribution in [-0.4, -0.2) is 48.5 Å². The van der Waals surface area contributed by atoms with Crippen molar-refractivity contribution in [1.82, 2.24) is 15.2 Å². The Bertz CT molecular complexity index is 609. The topological polar surface area (TPSA) is 48.5 Å². The molecule has 3 rings (SSSR count). The number of amides is 1. The molecule has 23 heavy (non-hydrogen) atoms. The van der Waals surface area contributed by atoms with Crippen molar-refractivity contribution in [3.63, 3.8) is 0 Å². The zero-order chi connectivity index (χ0) is 15.9. The van der Waals surface area contributed by atoms with Crippen LogP contribution in [0.5, 0.6) is 0 Å². The molecule has 0 unspecified atom stereocenters. The van der Waals surface area contributed by atoms with E-state index in [0.29, 0.717) is 13.1 Å². The fourth-order valence-electron chi connectivity index (χ4n) is 2.78. The molecule has 120 valence electrons. The number of anilines is 1. The first-order valence-corrected chi connectivity index (χ1v) is 8.00. The molecule has 1 fully saturated rings. The summed E-state index contributed by atoms with van der Waals surface area (Å²) >= 11 is 0. The number of para-hydroxylation sites is 1. The summed E-state index contributed by atoms with van der Waals surface area (Å²) < 4.78 is 0. The molecule has 2 heterocycles. The second-order valence-electron chi connectivity index (χ2n) is 5.67. The van der Waals surface area contributed by atoms with Crippen LogP contribution in [-0.2, 0) is 11.3 Å². The highest BCUT2D eigenvalue weighted by Crippen LogP contribution is 2.15. The predicted octanol–water partition coefficient (Wildman–Crippen LogP) is 1.52. The quantitative estimate of drug-likeness (QED) is 0.910. The molecule has 1 aromatic carbocycles. The van der Waals surface area contributed by atoms with Crippen molar-refractivity contribution < 1.29 is 4.79 Å². The lowest BCUT2D eigenvalue weighted by molar-refractivity contribution is -0.130. The van der Waals surface area contributed by atoms with Gasteiger partial charge in [0.2, 0.25) is 5.91 Å². The molecule has 0 aliphatic carbocycles. The number of rotatable bonds is 5. The number of aromatic nitrogens is 1. The third-order valence-electron chi connectivity index (χ3n) is 4.08. The Morgan fingerprint density at radius 2 is 1.83 bits per heavy atom. The maximum absolute atomic E-state index is 12.3. The molecule has 0 saturated carbocycles. The van der Waals surface area contributed by atoms with Crippen LogP contribution in [0.25, 0.3) is 0 Å². The summed E-state index contributed by atoms with van der Waals surface area (Å²) in [6.07, 6.45) is 3.57. The first-order chi connectivity index (χ1) is 11.3. The van der Waals surface area contributed by atoms with Crippen molar-refractivity contribution in [3.8, 4) is 0 Å². The monoisotopic (exact) mass is 310 g/mol. The van der Waals surface area contributed by atoms with Crippen LogP contribution in [0.4, 0.5) is 5.69 Å². The van der Waals surface area contributed by atoms with Crippen molar-refractivity contribution in [2.45, 2.75) is 6.54 Å². The fraction of sp³-hybridized carbons (Fsp3) is 0.333. The van der Waals surface area contributed by atoms with Crippen LogP contribution in [0.2, 0.25) is 0 Å². The van der Waals surface area contributed by atoms with Gasteiger partial charge in [-0.15, -0.1) is 0 Å². The van der Waals surface area contributed by atoms with Gasteiger partial charge < -0.3 is 15.1 Å². The van der Waals surface area contributed by atoms with Crippen LogP contribution >= 0.6 is 0 Å². The Morgan fingerprint density at radius 3 is 2.52 bits per heavy atom. The molecule has 1 aliphatic heterocycles. The molecule has 0 spiro atoms. The Kier molecular flexibility index (Phi) is 5.21. The lowest BCUT2D eigenvalue weighted by Gasteiger charge is -2.36. The Labute approximate surface area is 136 Å². The van der Waals surface area contributed by atoms with E-state index >= 15 is 0 Å². The number of nitrogens with zero attached hydrogens (tertiary/aromatic N) is 3. The van der Waals surface area contributed by atoms with Crippen LogP contribution < -0.4 is 10.2 Å². The van der Waals surface area contributed by atoms with E-state index in [9.17, 15) is 4.79 Å².